The molecule has 1 aromatic rings. The number of likely N-dealkylation sites (N-methyl/N-ethyl adjacent to an activating group) is 2. The van der Waals surface area contributed by atoms with Gasteiger partial charge in [0.25, 0.3) is 5.91 Å². The van der Waals surface area contributed by atoms with Crippen molar-refractivity contribution in [2.75, 3.05) is 38.7 Å². The molecule has 3 rings (SSSR count). The first-order valence-corrected chi connectivity index (χ1v) is 11.4. The smallest absolute Gasteiger partial charge is 0.315 e. The minimum atomic E-state index is -0.121. The predicted molar refractivity (Wildman–Crippen MR) is 119 cm³/mol. The van der Waals surface area contributed by atoms with Crippen LogP contribution < -0.4 is 10.6 Å². The summed E-state index contributed by atoms with van der Waals surface area (Å²) in [6, 6.07) is 6.97. The van der Waals surface area contributed by atoms with Crippen molar-refractivity contribution in [3.05, 3.63) is 29.8 Å². The van der Waals surface area contributed by atoms with Crippen molar-refractivity contribution in [3.8, 4) is 5.75 Å². The van der Waals surface area contributed by atoms with Gasteiger partial charge in [-0.15, -0.1) is 0 Å². The largest absolute Gasteiger partial charge is 0.508 e. The van der Waals surface area contributed by atoms with E-state index in [1.807, 2.05) is 11.8 Å². The molecule has 0 spiro atoms. The molecular weight excluding hydrogens is 404 g/mol. The molecule has 2 heterocycles. The summed E-state index contributed by atoms with van der Waals surface area (Å²) in [6.07, 6.45) is 2.45. The number of hydrogen-bond donors (Lipinski definition) is 3. The Bertz CT molecular complexity index is 714. The van der Waals surface area contributed by atoms with E-state index in [4.69, 9.17) is 0 Å². The zero-order chi connectivity index (χ0) is 22.1. The van der Waals surface area contributed by atoms with Crippen molar-refractivity contribution in [2.45, 2.75) is 38.3 Å². The lowest BCUT2D eigenvalue weighted by Gasteiger charge is -2.22. The van der Waals surface area contributed by atoms with E-state index in [2.05, 4.69) is 17.6 Å². The molecule has 9 heteroatoms. The van der Waals surface area contributed by atoms with E-state index in [1.165, 1.54) is 12.1 Å². The molecule has 2 unspecified atom stereocenters. The number of carbonyl (C=O) groups is 3. The zero-order valence-electron chi connectivity index (χ0n) is 17.9. The number of unbranched alkanes of at least 4 members (excludes halogenated alkanes) is 1. The van der Waals surface area contributed by atoms with Crippen LogP contribution in [0.25, 0.3) is 0 Å². The predicted octanol–water partition coefficient (Wildman–Crippen LogP) is 1.90. The second-order valence-corrected chi connectivity index (χ2v) is 8.64. The van der Waals surface area contributed by atoms with Gasteiger partial charge in [-0.25, -0.2) is 4.79 Å². The molecule has 3 N–H and O–H groups in total. The molecule has 0 bridgehead atoms. The SMILES string of the molecule is CCCCC(=O)N(C)CCN(C)C(=O)c1ccc(O)cc1.O=C1NC2CSCC2N1. The average Bonchev–Trinajstić information content (AvgIpc) is 3.31. The lowest BCUT2D eigenvalue weighted by atomic mass is 10.2. The molecule has 0 aromatic heterocycles. The van der Waals surface area contributed by atoms with Crippen molar-refractivity contribution in [1.29, 1.82) is 0 Å². The second-order valence-electron chi connectivity index (χ2n) is 7.56. The van der Waals surface area contributed by atoms with E-state index in [1.54, 1.807) is 36.0 Å². The number of carbonyl (C=O) groups excluding carboxylic acids is 3. The summed E-state index contributed by atoms with van der Waals surface area (Å²) in [5, 5.41) is 14.9. The Morgan fingerprint density at radius 3 is 2.20 bits per heavy atom. The van der Waals surface area contributed by atoms with Crippen LogP contribution >= 0.6 is 11.8 Å². The van der Waals surface area contributed by atoms with Crippen LogP contribution in [0.15, 0.2) is 24.3 Å². The summed E-state index contributed by atoms with van der Waals surface area (Å²) in [6.45, 7) is 3.05. The van der Waals surface area contributed by atoms with Crippen molar-refractivity contribution in [2.24, 2.45) is 0 Å². The number of phenols is 1. The Hall–Kier alpha value is -2.42. The summed E-state index contributed by atoms with van der Waals surface area (Å²) >= 11 is 1.89. The van der Waals surface area contributed by atoms with Crippen LogP contribution in [0.5, 0.6) is 5.75 Å². The number of nitrogens with one attached hydrogen (secondary N) is 2. The number of hydrogen-bond acceptors (Lipinski definition) is 5. The van der Waals surface area contributed by atoms with E-state index >= 15 is 0 Å². The highest BCUT2D eigenvalue weighted by Crippen LogP contribution is 2.20. The van der Waals surface area contributed by atoms with Gasteiger partial charge in [0.05, 0.1) is 12.1 Å². The maximum atomic E-state index is 12.2. The van der Waals surface area contributed by atoms with Gasteiger partial charge in [-0.2, -0.15) is 11.8 Å². The number of rotatable bonds is 7. The summed E-state index contributed by atoms with van der Waals surface area (Å²) in [5.74, 6) is 2.27. The molecule has 0 aliphatic carbocycles. The minimum absolute atomic E-state index is 0.00491. The highest BCUT2D eigenvalue weighted by Gasteiger charge is 2.35. The molecule has 4 amide bonds. The molecule has 1 aromatic carbocycles. The Morgan fingerprint density at radius 2 is 1.63 bits per heavy atom. The number of benzene rings is 1. The lowest BCUT2D eigenvalue weighted by Crippen LogP contribution is -2.37. The van der Waals surface area contributed by atoms with E-state index in [9.17, 15) is 19.5 Å². The van der Waals surface area contributed by atoms with E-state index < -0.39 is 0 Å². The van der Waals surface area contributed by atoms with Gasteiger partial charge in [0.1, 0.15) is 5.75 Å². The third kappa shape index (κ3) is 7.12. The number of amides is 4. The van der Waals surface area contributed by atoms with E-state index in [0.717, 1.165) is 24.3 Å². The van der Waals surface area contributed by atoms with Gasteiger partial charge in [0.2, 0.25) is 5.91 Å². The van der Waals surface area contributed by atoms with Gasteiger partial charge in [-0.3, -0.25) is 9.59 Å². The van der Waals surface area contributed by atoms with Crippen LogP contribution in [0.2, 0.25) is 0 Å². The highest BCUT2D eigenvalue weighted by molar-refractivity contribution is 7.99. The quantitative estimate of drug-likeness (QED) is 0.567. The fourth-order valence-electron chi connectivity index (χ4n) is 3.09. The number of aromatic hydroxyl groups is 1. The van der Waals surface area contributed by atoms with Crippen molar-refractivity contribution < 1.29 is 19.5 Å². The van der Waals surface area contributed by atoms with Crippen LogP contribution in [0.3, 0.4) is 0 Å². The number of fused-ring (bicyclic) bond motifs is 1. The molecule has 2 aliphatic rings. The van der Waals surface area contributed by atoms with E-state index in [0.29, 0.717) is 37.2 Å². The summed E-state index contributed by atoms with van der Waals surface area (Å²) in [4.78, 5) is 37.8. The zero-order valence-corrected chi connectivity index (χ0v) is 18.7. The highest BCUT2D eigenvalue weighted by atomic mass is 32.2. The first-order valence-electron chi connectivity index (χ1n) is 10.2. The Labute approximate surface area is 182 Å². The number of phenolic OH excluding ortho intramolecular Hbond substituents is 1. The van der Waals surface area contributed by atoms with Crippen molar-refractivity contribution in [3.63, 3.8) is 0 Å². The standard InChI is InChI=1S/C16H24N2O3.C5H8N2OS/c1-4-5-6-15(20)17(2)11-12-18(3)16(21)13-7-9-14(19)10-8-13;8-5-6-3-1-9-2-4(3)7-5/h7-10,19H,4-6,11-12H2,1-3H3;3-4H,1-2H2,(H2,6,7,8). The fourth-order valence-corrected chi connectivity index (χ4v) is 4.36. The molecule has 166 valence electrons. The molecule has 0 saturated carbocycles. The van der Waals surface area contributed by atoms with Gasteiger partial charge in [0, 0.05) is 50.7 Å². The van der Waals surface area contributed by atoms with Crippen molar-refractivity contribution >= 4 is 29.6 Å². The van der Waals surface area contributed by atoms with Crippen LogP contribution in [0.1, 0.15) is 36.5 Å². The van der Waals surface area contributed by atoms with Gasteiger partial charge in [-0.1, -0.05) is 13.3 Å². The molecule has 30 heavy (non-hydrogen) atoms. The fraction of sp³-hybridized carbons (Fsp3) is 0.571. The molecular formula is C21H32N4O4S. The van der Waals surface area contributed by atoms with Crippen LogP contribution in [-0.2, 0) is 4.79 Å². The van der Waals surface area contributed by atoms with E-state index in [-0.39, 0.29) is 23.6 Å². The Morgan fingerprint density at radius 1 is 1.07 bits per heavy atom. The molecule has 0 radical (unpaired) electrons. The molecule has 2 atom stereocenters. The Balaban J connectivity index is 0.000000290. The van der Waals surface area contributed by atoms with Gasteiger partial charge in [0.15, 0.2) is 0 Å². The number of thioether (sulfide) groups is 1. The summed E-state index contributed by atoms with van der Waals surface area (Å²) in [7, 11) is 3.47. The maximum absolute atomic E-state index is 12.2. The average molecular weight is 437 g/mol. The topological polar surface area (TPSA) is 102 Å². The third-order valence-electron chi connectivity index (χ3n) is 5.12. The van der Waals surface area contributed by atoms with Crippen LogP contribution in [-0.4, -0.2) is 83.5 Å². The van der Waals surface area contributed by atoms with Gasteiger partial charge in [-0.05, 0) is 30.7 Å². The first kappa shape index (κ1) is 23.9. The van der Waals surface area contributed by atoms with Crippen LogP contribution in [0, 0.1) is 0 Å². The third-order valence-corrected chi connectivity index (χ3v) is 6.30. The monoisotopic (exact) mass is 436 g/mol. The molecule has 2 saturated heterocycles. The van der Waals surface area contributed by atoms with Crippen LogP contribution in [0.4, 0.5) is 4.79 Å². The lowest BCUT2D eigenvalue weighted by molar-refractivity contribution is -0.130. The normalized spacial score (nSPS) is 19.1. The molecule has 8 nitrogen and oxygen atoms in total. The number of nitrogens with zero attached hydrogens (tertiary/aromatic N) is 2. The summed E-state index contributed by atoms with van der Waals surface area (Å²) in [5.41, 5.74) is 0.523. The minimum Gasteiger partial charge on any atom is -0.508 e. The maximum Gasteiger partial charge on any atom is 0.315 e. The molecule has 2 aliphatic heterocycles. The molecule has 2 fully saturated rings. The number of urea groups is 1. The van der Waals surface area contributed by atoms with Gasteiger partial charge < -0.3 is 25.5 Å². The Kier molecular flexibility index (Phi) is 9.29. The van der Waals surface area contributed by atoms with Crippen molar-refractivity contribution in [1.82, 2.24) is 20.4 Å². The second kappa shape index (κ2) is 11.7. The summed E-state index contributed by atoms with van der Waals surface area (Å²) < 4.78 is 0. The van der Waals surface area contributed by atoms with Gasteiger partial charge >= 0.3 is 6.03 Å². The first-order chi connectivity index (χ1) is 14.3.